The fourth-order valence-electron chi connectivity index (χ4n) is 1.77. The van der Waals surface area contributed by atoms with Crippen LogP contribution in [0.3, 0.4) is 0 Å². The zero-order valence-corrected chi connectivity index (χ0v) is 12.9. The van der Waals surface area contributed by atoms with Crippen LogP contribution < -0.4 is 0 Å². The average Bonchev–Trinajstić information content (AvgIpc) is 2.64. The number of halogens is 4. The smallest absolute Gasteiger partial charge is 0.290 e. The molecule has 2 aromatic rings. The SMILES string of the molecule is CC(C)(C)c1nc2cc(S(=O)(=O)C(F)(F)F)ccn2c1Cl. The minimum Gasteiger partial charge on any atom is -0.290 e. The summed E-state index contributed by atoms with van der Waals surface area (Å²) >= 11 is 6.13. The molecule has 0 bridgehead atoms. The predicted molar refractivity (Wildman–Crippen MR) is 72.1 cm³/mol. The van der Waals surface area contributed by atoms with Crippen molar-refractivity contribution < 1.29 is 21.6 Å². The van der Waals surface area contributed by atoms with Gasteiger partial charge in [0.15, 0.2) is 0 Å². The molecule has 0 unspecified atom stereocenters. The summed E-state index contributed by atoms with van der Waals surface area (Å²) in [7, 11) is -5.40. The zero-order chi connectivity index (χ0) is 16.2. The molecule has 0 atom stereocenters. The van der Waals surface area contributed by atoms with Gasteiger partial charge in [0.25, 0.3) is 9.84 Å². The standard InChI is InChI=1S/C12H12ClF3N2O2S/c1-11(2,3)9-10(13)18-5-4-7(6-8(18)17-9)21(19,20)12(14,15)16/h4-6H,1-3H3. The van der Waals surface area contributed by atoms with E-state index in [0.717, 1.165) is 12.1 Å². The molecule has 2 heterocycles. The molecule has 0 spiro atoms. The summed E-state index contributed by atoms with van der Waals surface area (Å²) < 4.78 is 61.8. The maximum absolute atomic E-state index is 12.6. The van der Waals surface area contributed by atoms with Crippen LogP contribution in [0.2, 0.25) is 5.15 Å². The van der Waals surface area contributed by atoms with E-state index in [1.807, 2.05) is 20.8 Å². The molecule has 0 aliphatic heterocycles. The van der Waals surface area contributed by atoms with Gasteiger partial charge < -0.3 is 0 Å². The summed E-state index contributed by atoms with van der Waals surface area (Å²) in [6, 6.07) is 1.72. The van der Waals surface area contributed by atoms with Gasteiger partial charge in [-0.3, -0.25) is 4.40 Å². The van der Waals surface area contributed by atoms with Crippen molar-refractivity contribution in [2.24, 2.45) is 0 Å². The molecule has 116 valence electrons. The molecule has 2 aromatic heterocycles. The second-order valence-corrected chi connectivity index (χ2v) is 7.84. The van der Waals surface area contributed by atoms with Gasteiger partial charge in [0.05, 0.1) is 10.6 Å². The second-order valence-electron chi connectivity index (χ2n) is 5.54. The number of hydrogen-bond acceptors (Lipinski definition) is 3. The molecule has 0 saturated heterocycles. The van der Waals surface area contributed by atoms with E-state index in [-0.39, 0.29) is 10.8 Å². The van der Waals surface area contributed by atoms with Gasteiger partial charge in [0, 0.05) is 17.7 Å². The first-order valence-corrected chi connectivity index (χ1v) is 7.71. The van der Waals surface area contributed by atoms with Crippen LogP contribution in [0.15, 0.2) is 23.2 Å². The predicted octanol–water partition coefficient (Wildman–Crippen LogP) is 3.58. The van der Waals surface area contributed by atoms with E-state index in [0.29, 0.717) is 5.69 Å². The Balaban J connectivity index is 2.70. The van der Waals surface area contributed by atoms with Crippen molar-refractivity contribution >= 4 is 27.1 Å². The first-order chi connectivity index (χ1) is 9.35. The Morgan fingerprint density at radius 3 is 2.29 bits per heavy atom. The molecule has 0 aliphatic rings. The number of hydrogen-bond donors (Lipinski definition) is 0. The number of nitrogens with zero attached hydrogens (tertiary/aromatic N) is 2. The Hall–Kier alpha value is -1.28. The molecule has 0 radical (unpaired) electrons. The zero-order valence-electron chi connectivity index (χ0n) is 11.4. The quantitative estimate of drug-likeness (QED) is 0.797. The molecule has 0 aliphatic carbocycles. The second kappa shape index (κ2) is 4.61. The number of imidazole rings is 1. The first kappa shape index (κ1) is 16.1. The van der Waals surface area contributed by atoms with Crippen molar-refractivity contribution in [3.8, 4) is 0 Å². The number of sulfone groups is 1. The topological polar surface area (TPSA) is 51.4 Å². The van der Waals surface area contributed by atoms with E-state index in [1.165, 1.54) is 10.6 Å². The van der Waals surface area contributed by atoms with Gasteiger partial charge in [0.2, 0.25) is 0 Å². The van der Waals surface area contributed by atoms with Crippen LogP contribution in [0, 0.1) is 0 Å². The van der Waals surface area contributed by atoms with Gasteiger partial charge in [-0.05, 0) is 6.07 Å². The molecular formula is C12H12ClF3N2O2S. The normalized spacial score (nSPS) is 13.9. The van der Waals surface area contributed by atoms with Crippen molar-refractivity contribution in [2.75, 3.05) is 0 Å². The Morgan fingerprint density at radius 2 is 1.81 bits per heavy atom. The third kappa shape index (κ3) is 2.62. The van der Waals surface area contributed by atoms with E-state index < -0.39 is 25.7 Å². The molecule has 21 heavy (non-hydrogen) atoms. The lowest BCUT2D eigenvalue weighted by Crippen LogP contribution is -2.23. The van der Waals surface area contributed by atoms with E-state index in [4.69, 9.17) is 11.6 Å². The van der Waals surface area contributed by atoms with Gasteiger partial charge in [-0.1, -0.05) is 32.4 Å². The molecule has 2 rings (SSSR count). The van der Waals surface area contributed by atoms with Crippen molar-refractivity contribution in [3.63, 3.8) is 0 Å². The van der Waals surface area contributed by atoms with Crippen LogP contribution in [-0.2, 0) is 15.3 Å². The van der Waals surface area contributed by atoms with Crippen molar-refractivity contribution in [1.82, 2.24) is 9.38 Å². The molecule has 0 aromatic carbocycles. The molecule has 0 fully saturated rings. The van der Waals surface area contributed by atoms with Crippen LogP contribution in [0.4, 0.5) is 13.2 Å². The monoisotopic (exact) mass is 340 g/mol. The minimum atomic E-state index is -5.40. The maximum Gasteiger partial charge on any atom is 0.501 e. The van der Waals surface area contributed by atoms with Gasteiger partial charge >= 0.3 is 5.51 Å². The Labute approximate surface area is 124 Å². The first-order valence-electron chi connectivity index (χ1n) is 5.85. The summed E-state index contributed by atoms with van der Waals surface area (Å²) in [5, 5.41) is 0.244. The lowest BCUT2D eigenvalue weighted by atomic mass is 9.93. The number of rotatable bonds is 1. The number of alkyl halides is 3. The average molecular weight is 341 g/mol. The maximum atomic E-state index is 12.6. The summed E-state index contributed by atoms with van der Waals surface area (Å²) in [6.07, 6.45) is 1.17. The Morgan fingerprint density at radius 1 is 1.24 bits per heavy atom. The number of pyridine rings is 1. The highest BCUT2D eigenvalue weighted by Crippen LogP contribution is 2.33. The summed E-state index contributed by atoms with van der Waals surface area (Å²) in [6.45, 7) is 5.52. The van der Waals surface area contributed by atoms with Crippen molar-refractivity contribution in [3.05, 3.63) is 29.2 Å². The highest BCUT2D eigenvalue weighted by molar-refractivity contribution is 7.92. The van der Waals surface area contributed by atoms with E-state index in [1.54, 1.807) is 0 Å². The van der Waals surface area contributed by atoms with E-state index >= 15 is 0 Å². The highest BCUT2D eigenvalue weighted by atomic mass is 35.5. The molecule has 0 amide bonds. The Kier molecular flexibility index (Phi) is 3.53. The summed E-state index contributed by atoms with van der Waals surface area (Å²) in [5.74, 6) is 0. The third-order valence-corrected chi connectivity index (χ3v) is 4.71. The summed E-state index contributed by atoms with van der Waals surface area (Å²) in [4.78, 5) is 3.28. The van der Waals surface area contributed by atoms with Crippen molar-refractivity contribution in [2.45, 2.75) is 36.6 Å². The number of aromatic nitrogens is 2. The van der Waals surface area contributed by atoms with E-state index in [9.17, 15) is 21.6 Å². The summed E-state index contributed by atoms with van der Waals surface area (Å²) in [5.41, 5.74) is -5.25. The molecule has 0 saturated carbocycles. The fourth-order valence-corrected chi connectivity index (χ4v) is 3.01. The third-order valence-electron chi connectivity index (χ3n) is 2.86. The van der Waals surface area contributed by atoms with Crippen LogP contribution in [0.1, 0.15) is 26.5 Å². The molecule has 9 heteroatoms. The Bertz CT molecular complexity index is 804. The fraction of sp³-hybridized carbons (Fsp3) is 0.417. The van der Waals surface area contributed by atoms with Gasteiger partial charge in [-0.2, -0.15) is 13.2 Å². The largest absolute Gasteiger partial charge is 0.501 e. The van der Waals surface area contributed by atoms with Crippen LogP contribution in [0.25, 0.3) is 5.65 Å². The van der Waals surface area contributed by atoms with Crippen molar-refractivity contribution in [1.29, 1.82) is 0 Å². The van der Waals surface area contributed by atoms with Crippen LogP contribution in [0.5, 0.6) is 0 Å². The molecular weight excluding hydrogens is 329 g/mol. The lowest BCUT2D eigenvalue weighted by Gasteiger charge is -2.15. The number of fused-ring (bicyclic) bond motifs is 1. The van der Waals surface area contributed by atoms with Crippen LogP contribution in [-0.4, -0.2) is 23.3 Å². The molecule has 0 N–H and O–H groups in total. The minimum absolute atomic E-state index is 0.0512. The van der Waals surface area contributed by atoms with Gasteiger partial charge in [-0.15, -0.1) is 0 Å². The molecule has 4 nitrogen and oxygen atoms in total. The van der Waals surface area contributed by atoms with Gasteiger partial charge in [-0.25, -0.2) is 13.4 Å². The van der Waals surface area contributed by atoms with Crippen LogP contribution >= 0.6 is 11.6 Å². The lowest BCUT2D eigenvalue weighted by molar-refractivity contribution is -0.0435. The van der Waals surface area contributed by atoms with E-state index in [2.05, 4.69) is 4.98 Å². The van der Waals surface area contributed by atoms with Gasteiger partial charge in [0.1, 0.15) is 10.8 Å². The highest BCUT2D eigenvalue weighted by Gasteiger charge is 2.47.